The average molecular weight is 192 g/mol. The lowest BCUT2D eigenvalue weighted by molar-refractivity contribution is 0.0802. The highest BCUT2D eigenvalue weighted by Gasteiger charge is 2.20. The minimum atomic E-state index is -0.666. The Morgan fingerprint density at radius 1 is 1.43 bits per heavy atom. The predicted molar refractivity (Wildman–Crippen MR) is 55.6 cm³/mol. The van der Waals surface area contributed by atoms with E-state index in [2.05, 4.69) is 6.07 Å². The van der Waals surface area contributed by atoms with Crippen molar-refractivity contribution in [3.8, 4) is 5.75 Å². The number of ether oxygens (including phenoxy) is 1. The Hall–Kier alpha value is -1.02. The normalized spacial score (nSPS) is 15.1. The summed E-state index contributed by atoms with van der Waals surface area (Å²) < 4.78 is 5.56. The van der Waals surface area contributed by atoms with E-state index in [0.29, 0.717) is 6.42 Å². The minimum Gasteiger partial charge on any atom is -0.493 e. The van der Waals surface area contributed by atoms with Gasteiger partial charge in [-0.05, 0) is 25.0 Å². The van der Waals surface area contributed by atoms with Gasteiger partial charge in [-0.2, -0.15) is 0 Å². The van der Waals surface area contributed by atoms with Crippen LogP contribution in [0.2, 0.25) is 0 Å². The first-order valence-electron chi connectivity index (χ1n) is 5.02. The van der Waals surface area contributed by atoms with E-state index in [4.69, 9.17) is 4.74 Å². The molecular weight excluding hydrogens is 176 g/mol. The third-order valence-corrected chi connectivity index (χ3v) is 2.42. The third-order valence-electron chi connectivity index (χ3n) is 2.42. The first-order valence-corrected chi connectivity index (χ1v) is 5.02. The Labute approximate surface area is 84.5 Å². The monoisotopic (exact) mass is 192 g/mol. The summed E-state index contributed by atoms with van der Waals surface area (Å²) in [4.78, 5) is 0. The summed E-state index contributed by atoms with van der Waals surface area (Å²) in [6, 6.07) is 6.16. The number of para-hydroxylation sites is 1. The van der Waals surface area contributed by atoms with Crippen molar-refractivity contribution in [1.82, 2.24) is 0 Å². The standard InChI is InChI=1S/C12H16O2/c1-12(2,13)8-10-5-3-4-9-6-7-14-11(9)10/h3-5,13H,6-8H2,1-2H3. The maximum Gasteiger partial charge on any atom is 0.125 e. The van der Waals surface area contributed by atoms with Gasteiger partial charge in [0.2, 0.25) is 0 Å². The van der Waals surface area contributed by atoms with Crippen LogP contribution in [0.4, 0.5) is 0 Å². The highest BCUT2D eigenvalue weighted by atomic mass is 16.5. The second-order valence-electron chi connectivity index (χ2n) is 4.49. The van der Waals surface area contributed by atoms with Gasteiger partial charge >= 0.3 is 0 Å². The summed E-state index contributed by atoms with van der Waals surface area (Å²) in [6.45, 7) is 4.42. The zero-order valence-electron chi connectivity index (χ0n) is 8.71. The van der Waals surface area contributed by atoms with Gasteiger partial charge in [0.25, 0.3) is 0 Å². The SMILES string of the molecule is CC(C)(O)Cc1cccc2c1OCC2. The van der Waals surface area contributed by atoms with Crippen LogP contribution in [0.5, 0.6) is 5.75 Å². The van der Waals surface area contributed by atoms with Crippen LogP contribution in [0, 0.1) is 0 Å². The third kappa shape index (κ3) is 1.90. The van der Waals surface area contributed by atoms with E-state index in [0.717, 1.165) is 24.3 Å². The van der Waals surface area contributed by atoms with E-state index in [-0.39, 0.29) is 0 Å². The maximum absolute atomic E-state index is 9.75. The van der Waals surface area contributed by atoms with Gasteiger partial charge in [0, 0.05) is 12.8 Å². The smallest absolute Gasteiger partial charge is 0.125 e. The molecule has 14 heavy (non-hydrogen) atoms. The molecule has 0 fully saturated rings. The van der Waals surface area contributed by atoms with E-state index in [1.54, 1.807) is 0 Å². The van der Waals surface area contributed by atoms with Crippen molar-refractivity contribution in [2.45, 2.75) is 32.3 Å². The fraction of sp³-hybridized carbons (Fsp3) is 0.500. The van der Waals surface area contributed by atoms with Crippen molar-refractivity contribution in [2.24, 2.45) is 0 Å². The Morgan fingerprint density at radius 3 is 2.93 bits per heavy atom. The van der Waals surface area contributed by atoms with E-state index in [1.165, 1.54) is 5.56 Å². The molecule has 0 aromatic heterocycles. The molecule has 0 radical (unpaired) electrons. The van der Waals surface area contributed by atoms with Crippen LogP contribution in [-0.4, -0.2) is 17.3 Å². The van der Waals surface area contributed by atoms with Crippen molar-refractivity contribution < 1.29 is 9.84 Å². The van der Waals surface area contributed by atoms with Gasteiger partial charge in [-0.25, -0.2) is 0 Å². The maximum atomic E-state index is 9.75. The zero-order valence-corrected chi connectivity index (χ0v) is 8.71. The molecule has 1 aliphatic heterocycles. The van der Waals surface area contributed by atoms with Gasteiger partial charge in [0.1, 0.15) is 5.75 Å². The molecule has 2 rings (SSSR count). The lowest BCUT2D eigenvalue weighted by atomic mass is 9.96. The van der Waals surface area contributed by atoms with Crippen molar-refractivity contribution >= 4 is 0 Å². The first-order chi connectivity index (χ1) is 6.56. The molecule has 1 N–H and O–H groups in total. The first kappa shape index (κ1) is 9.53. The van der Waals surface area contributed by atoms with Gasteiger partial charge in [-0.3, -0.25) is 0 Å². The Balaban J connectivity index is 2.31. The van der Waals surface area contributed by atoms with Gasteiger partial charge in [-0.15, -0.1) is 0 Å². The van der Waals surface area contributed by atoms with Crippen LogP contribution >= 0.6 is 0 Å². The molecule has 1 aromatic rings. The number of hydrogen-bond acceptors (Lipinski definition) is 2. The predicted octanol–water partition coefficient (Wildman–Crippen LogP) is 1.93. The summed E-state index contributed by atoms with van der Waals surface area (Å²) in [5.41, 5.74) is 1.72. The molecule has 0 bridgehead atoms. The molecule has 2 heteroatoms. The van der Waals surface area contributed by atoms with Gasteiger partial charge < -0.3 is 9.84 Å². The highest BCUT2D eigenvalue weighted by molar-refractivity contribution is 5.44. The van der Waals surface area contributed by atoms with Crippen LogP contribution in [0.1, 0.15) is 25.0 Å². The summed E-state index contributed by atoms with van der Waals surface area (Å²) in [6.07, 6.45) is 1.64. The molecule has 0 amide bonds. The van der Waals surface area contributed by atoms with Crippen molar-refractivity contribution in [1.29, 1.82) is 0 Å². The summed E-state index contributed by atoms with van der Waals surface area (Å²) in [5.74, 6) is 0.995. The topological polar surface area (TPSA) is 29.5 Å². The fourth-order valence-corrected chi connectivity index (χ4v) is 1.89. The summed E-state index contributed by atoms with van der Waals surface area (Å²) >= 11 is 0. The Morgan fingerprint density at radius 2 is 2.21 bits per heavy atom. The quantitative estimate of drug-likeness (QED) is 0.776. The average Bonchev–Trinajstić information content (AvgIpc) is 2.49. The van der Waals surface area contributed by atoms with Crippen molar-refractivity contribution in [3.05, 3.63) is 29.3 Å². The lowest BCUT2D eigenvalue weighted by Gasteiger charge is -2.18. The Bertz CT molecular complexity index is 337. The molecule has 1 aromatic carbocycles. The lowest BCUT2D eigenvalue weighted by Crippen LogP contribution is -2.22. The molecule has 1 heterocycles. The molecule has 76 valence electrons. The molecular formula is C12H16O2. The van der Waals surface area contributed by atoms with E-state index in [9.17, 15) is 5.11 Å². The van der Waals surface area contributed by atoms with Crippen LogP contribution in [0.15, 0.2) is 18.2 Å². The van der Waals surface area contributed by atoms with Crippen molar-refractivity contribution in [3.63, 3.8) is 0 Å². The highest BCUT2D eigenvalue weighted by Crippen LogP contribution is 2.31. The number of benzene rings is 1. The number of aliphatic hydroxyl groups is 1. The second kappa shape index (κ2) is 3.28. The number of hydrogen-bond donors (Lipinski definition) is 1. The Kier molecular flexibility index (Phi) is 2.23. The summed E-state index contributed by atoms with van der Waals surface area (Å²) in [5, 5.41) is 9.75. The molecule has 0 spiro atoms. The number of fused-ring (bicyclic) bond motifs is 1. The molecule has 0 unspecified atom stereocenters. The molecule has 1 aliphatic rings. The fourth-order valence-electron chi connectivity index (χ4n) is 1.89. The molecule has 2 nitrogen and oxygen atoms in total. The molecule has 0 saturated carbocycles. The van der Waals surface area contributed by atoms with Gasteiger partial charge in [-0.1, -0.05) is 18.2 Å². The van der Waals surface area contributed by atoms with E-state index < -0.39 is 5.60 Å². The largest absolute Gasteiger partial charge is 0.493 e. The molecule has 0 saturated heterocycles. The van der Waals surface area contributed by atoms with Crippen LogP contribution in [0.25, 0.3) is 0 Å². The molecule has 0 aliphatic carbocycles. The van der Waals surface area contributed by atoms with Crippen molar-refractivity contribution in [2.75, 3.05) is 6.61 Å². The second-order valence-corrected chi connectivity index (χ2v) is 4.49. The number of rotatable bonds is 2. The van der Waals surface area contributed by atoms with Crippen LogP contribution in [-0.2, 0) is 12.8 Å². The van der Waals surface area contributed by atoms with Crippen LogP contribution in [0.3, 0.4) is 0 Å². The van der Waals surface area contributed by atoms with Gasteiger partial charge in [0.05, 0.1) is 12.2 Å². The van der Waals surface area contributed by atoms with Crippen LogP contribution < -0.4 is 4.74 Å². The van der Waals surface area contributed by atoms with E-state index in [1.807, 2.05) is 26.0 Å². The summed E-state index contributed by atoms with van der Waals surface area (Å²) in [7, 11) is 0. The minimum absolute atomic E-state index is 0.649. The molecule has 0 atom stereocenters. The van der Waals surface area contributed by atoms with Gasteiger partial charge in [0.15, 0.2) is 0 Å². The zero-order chi connectivity index (χ0) is 10.2. The van der Waals surface area contributed by atoms with E-state index >= 15 is 0 Å².